The summed E-state index contributed by atoms with van der Waals surface area (Å²) < 4.78 is 26.5. The molecule has 3 aromatic rings. The lowest BCUT2D eigenvalue weighted by atomic mass is 10.0. The number of benzene rings is 2. The third kappa shape index (κ3) is 4.01. The molecule has 0 spiro atoms. The summed E-state index contributed by atoms with van der Waals surface area (Å²) in [6, 6.07) is 11.9. The highest BCUT2D eigenvalue weighted by atomic mass is 19.2. The van der Waals surface area contributed by atoms with E-state index in [2.05, 4.69) is 16.4 Å². The summed E-state index contributed by atoms with van der Waals surface area (Å²) in [6.45, 7) is 1.31. The van der Waals surface area contributed by atoms with Crippen LogP contribution in [0.4, 0.5) is 14.5 Å². The maximum absolute atomic E-state index is 13.4. The second kappa shape index (κ2) is 8.00. The smallest absolute Gasteiger partial charge is 0.222 e. The first kappa shape index (κ1) is 18.5. The number of aromatic nitrogens is 1. The van der Waals surface area contributed by atoms with Crippen LogP contribution in [0.1, 0.15) is 24.8 Å². The Balaban J connectivity index is 1.34. The summed E-state index contributed by atoms with van der Waals surface area (Å²) in [7, 11) is 0. The summed E-state index contributed by atoms with van der Waals surface area (Å²) in [5, 5.41) is 4.38. The Morgan fingerprint density at radius 2 is 2.04 bits per heavy atom. The van der Waals surface area contributed by atoms with Crippen molar-refractivity contribution in [3.8, 4) is 0 Å². The molecule has 1 atom stereocenters. The summed E-state index contributed by atoms with van der Waals surface area (Å²) in [5.41, 5.74) is 2.77. The maximum Gasteiger partial charge on any atom is 0.222 e. The highest BCUT2D eigenvalue weighted by molar-refractivity contribution is 5.84. The second-order valence-corrected chi connectivity index (χ2v) is 7.31. The van der Waals surface area contributed by atoms with Crippen LogP contribution >= 0.6 is 0 Å². The number of amides is 1. The topological polar surface area (TPSA) is 48.1 Å². The summed E-state index contributed by atoms with van der Waals surface area (Å²) in [5.74, 6) is -1.60. The van der Waals surface area contributed by atoms with Gasteiger partial charge in [-0.2, -0.15) is 0 Å². The molecule has 4 nitrogen and oxygen atoms in total. The molecule has 4 rings (SSSR count). The average molecular weight is 383 g/mol. The Kier molecular flexibility index (Phi) is 5.28. The minimum absolute atomic E-state index is 0.0376. The van der Waals surface area contributed by atoms with Gasteiger partial charge in [-0.3, -0.25) is 4.79 Å². The molecule has 0 radical (unpaired) electrons. The number of anilines is 1. The molecule has 1 unspecified atom stereocenters. The number of nitrogens with one attached hydrogen (secondary N) is 2. The predicted molar refractivity (Wildman–Crippen MR) is 106 cm³/mol. The number of hydrogen-bond donors (Lipinski definition) is 2. The number of H-pyrrole nitrogens is 1. The van der Waals surface area contributed by atoms with Gasteiger partial charge in [0.1, 0.15) is 0 Å². The number of fused-ring (bicyclic) bond motifs is 1. The molecule has 1 fully saturated rings. The molecular formula is C22H23F2N3O. The second-order valence-electron chi connectivity index (χ2n) is 7.31. The number of rotatable bonds is 5. The largest absolute Gasteiger partial charge is 0.380 e. The number of aryl methyl sites for hydroxylation is 1. The number of piperidine rings is 1. The molecule has 2 aromatic carbocycles. The lowest BCUT2D eigenvalue weighted by Gasteiger charge is -2.34. The van der Waals surface area contributed by atoms with Gasteiger partial charge in [-0.15, -0.1) is 0 Å². The zero-order valence-corrected chi connectivity index (χ0v) is 15.6. The Morgan fingerprint density at radius 3 is 2.89 bits per heavy atom. The van der Waals surface area contributed by atoms with Crippen LogP contribution in [0.3, 0.4) is 0 Å². The van der Waals surface area contributed by atoms with Crippen molar-refractivity contribution in [1.82, 2.24) is 9.88 Å². The van der Waals surface area contributed by atoms with E-state index in [1.165, 1.54) is 6.07 Å². The number of hydrogen-bond acceptors (Lipinski definition) is 2. The Morgan fingerprint density at radius 1 is 1.18 bits per heavy atom. The van der Waals surface area contributed by atoms with Crippen LogP contribution in [0.2, 0.25) is 0 Å². The van der Waals surface area contributed by atoms with E-state index in [0.29, 0.717) is 25.1 Å². The highest BCUT2D eigenvalue weighted by Crippen LogP contribution is 2.21. The summed E-state index contributed by atoms with van der Waals surface area (Å²) in [4.78, 5) is 17.8. The van der Waals surface area contributed by atoms with Gasteiger partial charge in [0.05, 0.1) is 0 Å². The van der Waals surface area contributed by atoms with Gasteiger partial charge in [-0.25, -0.2) is 8.78 Å². The molecule has 1 aliphatic rings. The van der Waals surface area contributed by atoms with Gasteiger partial charge in [0, 0.05) is 54.4 Å². The van der Waals surface area contributed by atoms with Gasteiger partial charge in [0.25, 0.3) is 0 Å². The lowest BCUT2D eigenvalue weighted by Crippen LogP contribution is -2.45. The molecule has 6 heteroatoms. The van der Waals surface area contributed by atoms with Crippen molar-refractivity contribution in [3.05, 3.63) is 65.9 Å². The van der Waals surface area contributed by atoms with E-state index in [4.69, 9.17) is 0 Å². The number of halogens is 2. The quantitative estimate of drug-likeness (QED) is 0.682. The molecule has 28 heavy (non-hydrogen) atoms. The molecular weight excluding hydrogens is 360 g/mol. The standard InChI is InChI=1S/C22H23F2N3O/c23-19-9-8-16(12-20(19)24)26-17-4-3-11-27(14-17)22(28)10-7-15-13-25-21-6-2-1-5-18(15)21/h1-2,5-6,8-9,12-13,17,25-26H,3-4,7,10-11,14H2. The van der Waals surface area contributed by atoms with Crippen molar-refractivity contribution in [2.24, 2.45) is 0 Å². The number of nitrogens with zero attached hydrogens (tertiary/aromatic N) is 1. The van der Waals surface area contributed by atoms with E-state index in [1.54, 1.807) is 0 Å². The van der Waals surface area contributed by atoms with E-state index in [1.807, 2.05) is 29.3 Å². The van der Waals surface area contributed by atoms with Crippen LogP contribution < -0.4 is 5.32 Å². The first-order valence-corrected chi connectivity index (χ1v) is 9.64. The van der Waals surface area contributed by atoms with Crippen molar-refractivity contribution in [1.29, 1.82) is 0 Å². The van der Waals surface area contributed by atoms with Crippen LogP contribution in [0, 0.1) is 11.6 Å². The summed E-state index contributed by atoms with van der Waals surface area (Å²) >= 11 is 0. The zero-order valence-electron chi connectivity index (χ0n) is 15.6. The fraction of sp³-hybridized carbons (Fsp3) is 0.318. The number of likely N-dealkylation sites (tertiary alicyclic amines) is 1. The van der Waals surface area contributed by atoms with Crippen molar-refractivity contribution in [2.45, 2.75) is 31.7 Å². The first-order chi connectivity index (χ1) is 13.6. The van der Waals surface area contributed by atoms with Crippen molar-refractivity contribution in [2.75, 3.05) is 18.4 Å². The fourth-order valence-corrected chi connectivity index (χ4v) is 3.88. The Hall–Kier alpha value is -2.89. The number of carbonyl (C=O) groups excluding carboxylic acids is 1. The number of aromatic amines is 1. The van der Waals surface area contributed by atoms with Gasteiger partial charge in [-0.1, -0.05) is 18.2 Å². The van der Waals surface area contributed by atoms with Crippen LogP contribution in [-0.2, 0) is 11.2 Å². The summed E-state index contributed by atoms with van der Waals surface area (Å²) in [6.07, 6.45) is 4.91. The lowest BCUT2D eigenvalue weighted by molar-refractivity contribution is -0.132. The third-order valence-corrected chi connectivity index (χ3v) is 5.35. The first-order valence-electron chi connectivity index (χ1n) is 9.64. The maximum atomic E-state index is 13.4. The monoisotopic (exact) mass is 383 g/mol. The average Bonchev–Trinajstić information content (AvgIpc) is 3.12. The van der Waals surface area contributed by atoms with Crippen LogP contribution in [-0.4, -0.2) is 34.9 Å². The van der Waals surface area contributed by atoms with Crippen molar-refractivity contribution >= 4 is 22.5 Å². The Bertz CT molecular complexity index is 985. The van der Waals surface area contributed by atoms with Crippen LogP contribution in [0.25, 0.3) is 10.9 Å². The van der Waals surface area contributed by atoms with Gasteiger partial charge < -0.3 is 15.2 Å². The third-order valence-electron chi connectivity index (χ3n) is 5.35. The van der Waals surface area contributed by atoms with Crippen molar-refractivity contribution in [3.63, 3.8) is 0 Å². The van der Waals surface area contributed by atoms with Gasteiger partial charge >= 0.3 is 0 Å². The fourth-order valence-electron chi connectivity index (χ4n) is 3.88. The van der Waals surface area contributed by atoms with Crippen LogP contribution in [0.15, 0.2) is 48.7 Å². The van der Waals surface area contributed by atoms with Crippen molar-refractivity contribution < 1.29 is 13.6 Å². The molecule has 2 N–H and O–H groups in total. The molecule has 0 bridgehead atoms. The normalized spacial score (nSPS) is 17.1. The molecule has 1 saturated heterocycles. The molecule has 0 aliphatic carbocycles. The van der Waals surface area contributed by atoms with E-state index >= 15 is 0 Å². The SMILES string of the molecule is O=C(CCc1c[nH]c2ccccc12)N1CCCC(Nc2ccc(F)c(F)c2)C1. The molecule has 1 aromatic heterocycles. The zero-order chi connectivity index (χ0) is 19.5. The minimum atomic E-state index is -0.868. The number of para-hydroxylation sites is 1. The number of carbonyl (C=O) groups is 1. The van der Waals surface area contributed by atoms with E-state index in [-0.39, 0.29) is 11.9 Å². The van der Waals surface area contributed by atoms with Gasteiger partial charge in [0.15, 0.2) is 11.6 Å². The molecule has 0 saturated carbocycles. The predicted octanol–water partition coefficient (Wildman–Crippen LogP) is 4.48. The Labute approximate surface area is 162 Å². The van der Waals surface area contributed by atoms with Crippen LogP contribution in [0.5, 0.6) is 0 Å². The van der Waals surface area contributed by atoms with E-state index in [9.17, 15) is 13.6 Å². The molecule has 1 amide bonds. The molecule has 2 heterocycles. The molecule has 146 valence electrons. The van der Waals surface area contributed by atoms with E-state index in [0.717, 1.165) is 48.0 Å². The molecule has 1 aliphatic heterocycles. The minimum Gasteiger partial charge on any atom is -0.380 e. The van der Waals surface area contributed by atoms with Gasteiger partial charge in [-0.05, 0) is 43.0 Å². The highest BCUT2D eigenvalue weighted by Gasteiger charge is 2.23. The van der Waals surface area contributed by atoms with E-state index < -0.39 is 11.6 Å². The van der Waals surface area contributed by atoms with Gasteiger partial charge in [0.2, 0.25) is 5.91 Å².